The summed E-state index contributed by atoms with van der Waals surface area (Å²) in [5, 5.41) is 20.0. The molecule has 1 aromatic carbocycles. The predicted octanol–water partition coefficient (Wildman–Crippen LogP) is 2.73. The zero-order valence-corrected chi connectivity index (χ0v) is 13.7. The lowest BCUT2D eigenvalue weighted by Crippen LogP contribution is -2.37. The molecule has 0 bridgehead atoms. The van der Waals surface area contributed by atoms with Crippen LogP contribution in [0, 0.1) is 15.9 Å². The molecule has 0 aliphatic heterocycles. The van der Waals surface area contributed by atoms with Crippen molar-refractivity contribution >= 4 is 11.6 Å². The number of halogens is 1. The highest BCUT2D eigenvalue weighted by Gasteiger charge is 2.30. The molecule has 24 heavy (non-hydrogen) atoms. The number of aryl methyl sites for hydroxylation is 1. The first-order chi connectivity index (χ1) is 11.3. The second kappa shape index (κ2) is 6.77. The maximum Gasteiger partial charge on any atom is 0.322 e. The molecule has 2 rings (SSSR count). The van der Waals surface area contributed by atoms with E-state index in [2.05, 4.69) is 15.5 Å². The highest BCUT2D eigenvalue weighted by Crippen LogP contribution is 2.26. The Labute approximate surface area is 138 Å². The number of benzene rings is 1. The molecule has 7 nitrogen and oxygen atoms in total. The van der Waals surface area contributed by atoms with Gasteiger partial charge in [-0.1, -0.05) is 39.0 Å². The van der Waals surface area contributed by atoms with Crippen LogP contribution in [0.25, 0.3) is 0 Å². The van der Waals surface area contributed by atoms with Crippen LogP contribution in [0.5, 0.6) is 0 Å². The van der Waals surface area contributed by atoms with Gasteiger partial charge in [-0.05, 0) is 18.1 Å². The summed E-state index contributed by atoms with van der Waals surface area (Å²) in [5.74, 6) is -1.03. The summed E-state index contributed by atoms with van der Waals surface area (Å²) in [6.07, 6.45) is 0.358. The molecule has 0 aliphatic carbocycles. The summed E-state index contributed by atoms with van der Waals surface area (Å²) >= 11 is 0. The fourth-order valence-electron chi connectivity index (χ4n) is 2.46. The molecule has 8 heteroatoms. The van der Waals surface area contributed by atoms with Crippen LogP contribution in [-0.2, 0) is 11.8 Å². The minimum atomic E-state index is -0.681. The number of nitro groups is 1. The molecule has 2 N–H and O–H groups in total. The Balaban J connectivity index is 2.18. The van der Waals surface area contributed by atoms with Crippen LogP contribution in [-0.4, -0.2) is 27.6 Å². The van der Waals surface area contributed by atoms with Gasteiger partial charge in [0.25, 0.3) is 5.91 Å². The van der Waals surface area contributed by atoms with E-state index in [0.717, 1.165) is 0 Å². The third-order valence-electron chi connectivity index (χ3n) is 3.86. The summed E-state index contributed by atoms with van der Waals surface area (Å²) < 4.78 is 13.9. The number of hydrogen-bond donors (Lipinski definition) is 2. The molecule has 2 aromatic rings. The van der Waals surface area contributed by atoms with Gasteiger partial charge in [-0.2, -0.15) is 5.10 Å². The standard InChI is InChI=1S/C16H19FN4O3/c1-4-12-14(21(23)24)13(20-19-12)15(22)18-9-16(2,3)10-7-5-6-8-11(10)17/h5-8H,4,9H2,1-3H3,(H,18,22)(H,19,20). The monoisotopic (exact) mass is 334 g/mol. The normalized spacial score (nSPS) is 11.3. The molecule has 0 spiro atoms. The van der Waals surface area contributed by atoms with E-state index in [9.17, 15) is 19.3 Å². The van der Waals surface area contributed by atoms with Crippen LogP contribution >= 0.6 is 0 Å². The van der Waals surface area contributed by atoms with Gasteiger partial charge in [0.15, 0.2) is 0 Å². The molecule has 0 saturated heterocycles. The van der Waals surface area contributed by atoms with E-state index in [1.807, 2.05) is 0 Å². The molecule has 1 aromatic heterocycles. The van der Waals surface area contributed by atoms with E-state index < -0.39 is 16.2 Å². The Hall–Kier alpha value is -2.77. The van der Waals surface area contributed by atoms with Crippen molar-refractivity contribution in [2.24, 2.45) is 0 Å². The van der Waals surface area contributed by atoms with Gasteiger partial charge in [-0.3, -0.25) is 20.0 Å². The average molecular weight is 334 g/mol. The topological polar surface area (TPSA) is 101 Å². The molecule has 0 unspecified atom stereocenters. The highest BCUT2D eigenvalue weighted by molar-refractivity contribution is 5.96. The molecule has 0 aliphatic rings. The Kier molecular flexibility index (Phi) is 4.96. The van der Waals surface area contributed by atoms with Crippen LogP contribution in [0.1, 0.15) is 42.5 Å². The van der Waals surface area contributed by atoms with Crippen LogP contribution < -0.4 is 5.32 Å². The number of carbonyl (C=O) groups is 1. The molecular formula is C16H19FN4O3. The summed E-state index contributed by atoms with van der Waals surface area (Å²) in [6.45, 7) is 5.39. The van der Waals surface area contributed by atoms with Gasteiger partial charge < -0.3 is 5.32 Å². The number of rotatable bonds is 6. The molecule has 1 heterocycles. The van der Waals surface area contributed by atoms with Crippen LogP contribution in [0.15, 0.2) is 24.3 Å². The number of aromatic nitrogens is 2. The van der Waals surface area contributed by atoms with E-state index in [1.165, 1.54) is 6.07 Å². The van der Waals surface area contributed by atoms with E-state index in [4.69, 9.17) is 0 Å². The van der Waals surface area contributed by atoms with Crippen molar-refractivity contribution in [3.8, 4) is 0 Å². The number of nitrogens with zero attached hydrogens (tertiary/aromatic N) is 2. The number of amides is 1. The third kappa shape index (κ3) is 3.42. The van der Waals surface area contributed by atoms with Crippen molar-refractivity contribution in [2.75, 3.05) is 6.54 Å². The minimum absolute atomic E-state index is 0.109. The lowest BCUT2D eigenvalue weighted by molar-refractivity contribution is -0.385. The maximum atomic E-state index is 13.9. The lowest BCUT2D eigenvalue weighted by Gasteiger charge is -2.25. The van der Waals surface area contributed by atoms with Crippen molar-refractivity contribution in [2.45, 2.75) is 32.6 Å². The Morgan fingerprint density at radius 3 is 2.67 bits per heavy atom. The SMILES string of the molecule is CCc1[nH]nc(C(=O)NCC(C)(C)c2ccccc2F)c1[N+](=O)[O-]. The predicted molar refractivity (Wildman–Crippen MR) is 86.4 cm³/mol. The molecular weight excluding hydrogens is 315 g/mol. The summed E-state index contributed by atoms with van der Waals surface area (Å²) in [6, 6.07) is 6.31. The van der Waals surface area contributed by atoms with Gasteiger partial charge in [-0.15, -0.1) is 0 Å². The van der Waals surface area contributed by atoms with Crippen molar-refractivity contribution in [1.29, 1.82) is 0 Å². The maximum absolute atomic E-state index is 13.9. The fourth-order valence-corrected chi connectivity index (χ4v) is 2.46. The van der Waals surface area contributed by atoms with Crippen molar-refractivity contribution in [3.63, 3.8) is 0 Å². The number of nitrogens with one attached hydrogen (secondary N) is 2. The molecule has 0 fully saturated rings. The zero-order chi connectivity index (χ0) is 17.9. The zero-order valence-electron chi connectivity index (χ0n) is 13.7. The number of hydrogen-bond acceptors (Lipinski definition) is 4. The summed E-state index contributed by atoms with van der Waals surface area (Å²) in [5.41, 5.74) is -0.519. The molecule has 128 valence electrons. The van der Waals surface area contributed by atoms with Crippen molar-refractivity contribution in [3.05, 3.63) is 57.1 Å². The van der Waals surface area contributed by atoms with Crippen molar-refractivity contribution < 1.29 is 14.1 Å². The second-order valence-electron chi connectivity index (χ2n) is 6.06. The molecule has 1 amide bonds. The fraction of sp³-hybridized carbons (Fsp3) is 0.375. The van der Waals surface area contributed by atoms with Crippen molar-refractivity contribution in [1.82, 2.24) is 15.5 Å². The van der Waals surface area contributed by atoms with Gasteiger partial charge in [0.2, 0.25) is 5.69 Å². The average Bonchev–Trinajstić information content (AvgIpc) is 2.97. The van der Waals surface area contributed by atoms with E-state index in [-0.39, 0.29) is 23.7 Å². The van der Waals surface area contributed by atoms with Gasteiger partial charge in [0.05, 0.1) is 4.92 Å². The number of aromatic amines is 1. The van der Waals surface area contributed by atoms with E-state index >= 15 is 0 Å². The smallest absolute Gasteiger partial charge is 0.322 e. The Morgan fingerprint density at radius 2 is 2.08 bits per heavy atom. The largest absolute Gasteiger partial charge is 0.350 e. The number of carbonyl (C=O) groups excluding carboxylic acids is 1. The lowest BCUT2D eigenvalue weighted by atomic mass is 9.84. The first kappa shape index (κ1) is 17.6. The van der Waals surface area contributed by atoms with Crippen LogP contribution in [0.3, 0.4) is 0 Å². The second-order valence-corrected chi connectivity index (χ2v) is 6.06. The first-order valence-corrected chi connectivity index (χ1v) is 7.52. The van der Waals surface area contributed by atoms with Crippen LogP contribution in [0.2, 0.25) is 0 Å². The van der Waals surface area contributed by atoms with Gasteiger partial charge >= 0.3 is 5.69 Å². The number of H-pyrrole nitrogens is 1. The van der Waals surface area contributed by atoms with E-state index in [1.54, 1.807) is 39.0 Å². The molecule has 0 atom stereocenters. The molecule has 0 radical (unpaired) electrons. The summed E-state index contributed by atoms with van der Waals surface area (Å²) in [7, 11) is 0. The third-order valence-corrected chi connectivity index (χ3v) is 3.86. The highest BCUT2D eigenvalue weighted by atomic mass is 19.1. The minimum Gasteiger partial charge on any atom is -0.350 e. The van der Waals surface area contributed by atoms with E-state index in [0.29, 0.717) is 17.7 Å². The molecule has 0 saturated carbocycles. The Morgan fingerprint density at radius 1 is 1.42 bits per heavy atom. The van der Waals surface area contributed by atoms with Gasteiger partial charge in [-0.25, -0.2) is 4.39 Å². The van der Waals surface area contributed by atoms with Gasteiger partial charge in [0, 0.05) is 12.0 Å². The first-order valence-electron chi connectivity index (χ1n) is 7.52. The quantitative estimate of drug-likeness (QED) is 0.626. The summed E-state index contributed by atoms with van der Waals surface area (Å²) in [4.78, 5) is 22.8. The Bertz CT molecular complexity index is 770. The van der Waals surface area contributed by atoms with Crippen LogP contribution in [0.4, 0.5) is 10.1 Å². The van der Waals surface area contributed by atoms with Gasteiger partial charge in [0.1, 0.15) is 11.5 Å².